The van der Waals surface area contributed by atoms with Gasteiger partial charge in [0.05, 0.1) is 69.0 Å². The minimum Gasteiger partial charge on any atom is -0.494 e. The van der Waals surface area contributed by atoms with Gasteiger partial charge in [0.15, 0.2) is 5.88 Å². The maximum Gasteiger partial charge on any atom is 0.195 e. The summed E-state index contributed by atoms with van der Waals surface area (Å²) in [5, 5.41) is 10.5. The van der Waals surface area contributed by atoms with Crippen molar-refractivity contribution in [1.82, 2.24) is 4.90 Å². The number of benzene rings is 2. The lowest BCUT2D eigenvalue weighted by molar-refractivity contribution is 0.0323. The van der Waals surface area contributed by atoms with E-state index in [-0.39, 0.29) is 72.8 Å². The maximum absolute atomic E-state index is 11.3. The molecule has 3 rings (SSSR count). The molecule has 2 aromatic rings. The summed E-state index contributed by atoms with van der Waals surface area (Å²) in [6.07, 6.45) is 0. The van der Waals surface area contributed by atoms with Crippen LogP contribution in [0.5, 0.6) is 0 Å². The normalized spacial score (nSPS) is 14.2. The van der Waals surface area contributed by atoms with Crippen LogP contribution in [0.15, 0.2) is 5.88 Å². The van der Waals surface area contributed by atoms with Gasteiger partial charge in [0.2, 0.25) is 0 Å². The molecule has 0 aliphatic carbocycles. The summed E-state index contributed by atoms with van der Waals surface area (Å²) in [6.45, 7) is 1.43. The molecule has 1 aliphatic rings. The highest BCUT2D eigenvalue weighted by atomic mass is 35.5. The summed E-state index contributed by atoms with van der Waals surface area (Å²) in [5.41, 5.74) is 0.0581. The average Bonchev–Trinajstić information content (AvgIpc) is 2.78. The van der Waals surface area contributed by atoms with Gasteiger partial charge in [-0.2, -0.15) is 0 Å². The molecule has 168 valence electrons. The van der Waals surface area contributed by atoms with Crippen LogP contribution in [-0.2, 0) is 4.74 Å². The van der Waals surface area contributed by atoms with E-state index in [4.69, 9.17) is 121 Å². The van der Waals surface area contributed by atoms with Crippen molar-refractivity contribution in [2.75, 3.05) is 26.3 Å². The minimum absolute atomic E-state index is 0.00664. The van der Waals surface area contributed by atoms with Gasteiger partial charge in [-0.1, -0.05) is 116 Å². The van der Waals surface area contributed by atoms with Crippen LogP contribution in [0.25, 0.3) is 5.57 Å². The molecule has 0 unspecified atom stereocenters. The molecule has 2 aromatic carbocycles. The molecular formula is C18H9Cl10NO2. The highest BCUT2D eigenvalue weighted by Gasteiger charge is 2.32. The summed E-state index contributed by atoms with van der Waals surface area (Å²) in [7, 11) is 0. The molecule has 0 spiro atoms. The summed E-state index contributed by atoms with van der Waals surface area (Å²) in [6, 6.07) is 0. The van der Waals surface area contributed by atoms with E-state index < -0.39 is 0 Å². The quantitative estimate of drug-likeness (QED) is 0.209. The third-order valence-electron chi connectivity index (χ3n) is 4.45. The number of morpholine rings is 1. The number of aliphatic hydroxyl groups excluding tert-OH is 1. The molecular weight excluding hydrogens is 617 g/mol. The van der Waals surface area contributed by atoms with Crippen LogP contribution in [0.1, 0.15) is 11.1 Å². The Morgan fingerprint density at radius 1 is 0.548 bits per heavy atom. The first-order chi connectivity index (χ1) is 14.5. The Hall–Kier alpha value is 0.640. The molecule has 1 N–H and O–H groups in total. The fraction of sp³-hybridized carbons (Fsp3) is 0.222. The number of ether oxygens (including phenoxy) is 1. The highest BCUT2D eigenvalue weighted by molar-refractivity contribution is 6.58. The predicted octanol–water partition coefficient (Wildman–Crippen LogP) is 9.83. The predicted molar refractivity (Wildman–Crippen MR) is 134 cm³/mol. The molecule has 1 heterocycles. The van der Waals surface area contributed by atoms with Crippen molar-refractivity contribution in [2.24, 2.45) is 0 Å². The SMILES string of the molecule is OC(=C(c1c(Cl)c(Cl)c(Cl)c(Cl)c1Cl)c1c(Cl)c(Cl)c(Cl)c(Cl)c1Cl)N1CCOCC1. The smallest absolute Gasteiger partial charge is 0.195 e. The first-order valence-corrected chi connectivity index (χ1v) is 12.1. The van der Waals surface area contributed by atoms with E-state index in [2.05, 4.69) is 0 Å². The molecule has 1 fully saturated rings. The standard InChI is InChI=1S/C18H9Cl10NO2/c19-8-6(9(20)13(24)16(27)12(8)23)5(18(30)29-1-3-31-4-2-29)7-10(21)14(25)17(28)15(26)11(7)22/h30H,1-4H2. The van der Waals surface area contributed by atoms with E-state index >= 15 is 0 Å². The molecule has 1 saturated heterocycles. The van der Waals surface area contributed by atoms with Gasteiger partial charge >= 0.3 is 0 Å². The van der Waals surface area contributed by atoms with Gasteiger partial charge in [-0.15, -0.1) is 0 Å². The largest absolute Gasteiger partial charge is 0.494 e. The van der Waals surface area contributed by atoms with Crippen molar-refractivity contribution >= 4 is 122 Å². The van der Waals surface area contributed by atoms with Gasteiger partial charge in [0.1, 0.15) is 0 Å². The van der Waals surface area contributed by atoms with Crippen LogP contribution in [-0.4, -0.2) is 36.3 Å². The Morgan fingerprint density at radius 3 is 1.16 bits per heavy atom. The molecule has 1 aliphatic heterocycles. The number of nitrogens with zero attached hydrogens (tertiary/aromatic N) is 1. The Labute approximate surface area is 228 Å². The Kier molecular flexibility index (Phi) is 8.89. The van der Waals surface area contributed by atoms with Crippen LogP contribution >= 0.6 is 116 Å². The summed E-state index contributed by atoms with van der Waals surface area (Å²) in [5.74, 6) is -0.278. The zero-order chi connectivity index (χ0) is 23.2. The Morgan fingerprint density at radius 2 is 0.839 bits per heavy atom. The van der Waals surface area contributed by atoms with E-state index in [0.717, 1.165) is 0 Å². The zero-order valence-corrected chi connectivity index (χ0v) is 22.5. The molecule has 0 bridgehead atoms. The molecule has 3 nitrogen and oxygen atoms in total. The van der Waals surface area contributed by atoms with Crippen molar-refractivity contribution < 1.29 is 9.84 Å². The number of hydrogen-bond donors (Lipinski definition) is 1. The molecule has 0 aromatic heterocycles. The first-order valence-electron chi connectivity index (χ1n) is 8.30. The Bertz CT molecular complexity index is 966. The molecule has 0 saturated carbocycles. The second-order valence-electron chi connectivity index (χ2n) is 6.19. The van der Waals surface area contributed by atoms with E-state index in [1.807, 2.05) is 0 Å². The van der Waals surface area contributed by atoms with Gasteiger partial charge in [-0.25, -0.2) is 0 Å². The number of aliphatic hydroxyl groups is 1. The van der Waals surface area contributed by atoms with Gasteiger partial charge in [0, 0.05) is 24.2 Å². The van der Waals surface area contributed by atoms with Crippen LogP contribution in [0.3, 0.4) is 0 Å². The third kappa shape index (κ3) is 4.76. The zero-order valence-electron chi connectivity index (χ0n) is 14.9. The van der Waals surface area contributed by atoms with Crippen molar-refractivity contribution in [1.29, 1.82) is 0 Å². The topological polar surface area (TPSA) is 32.7 Å². The fourth-order valence-corrected chi connectivity index (χ4v) is 5.59. The van der Waals surface area contributed by atoms with E-state index in [0.29, 0.717) is 26.3 Å². The lowest BCUT2D eigenvalue weighted by Crippen LogP contribution is -2.36. The van der Waals surface area contributed by atoms with E-state index in [1.54, 1.807) is 4.90 Å². The highest BCUT2D eigenvalue weighted by Crippen LogP contribution is 2.53. The van der Waals surface area contributed by atoms with Crippen molar-refractivity contribution in [3.63, 3.8) is 0 Å². The van der Waals surface area contributed by atoms with Crippen LogP contribution < -0.4 is 0 Å². The number of rotatable bonds is 3. The van der Waals surface area contributed by atoms with E-state index in [1.165, 1.54) is 0 Å². The fourth-order valence-electron chi connectivity index (χ4n) is 2.93. The van der Waals surface area contributed by atoms with Crippen molar-refractivity contribution in [3.8, 4) is 0 Å². The number of halogens is 10. The average molecular weight is 626 g/mol. The molecule has 0 amide bonds. The Balaban J connectivity index is 2.49. The first kappa shape index (κ1) is 26.2. The molecule has 31 heavy (non-hydrogen) atoms. The van der Waals surface area contributed by atoms with Crippen molar-refractivity contribution in [2.45, 2.75) is 0 Å². The van der Waals surface area contributed by atoms with Gasteiger partial charge in [-0.3, -0.25) is 0 Å². The van der Waals surface area contributed by atoms with Gasteiger partial charge < -0.3 is 14.7 Å². The van der Waals surface area contributed by atoms with Crippen LogP contribution in [0.2, 0.25) is 50.2 Å². The number of hydrogen-bond acceptors (Lipinski definition) is 3. The minimum atomic E-state index is -0.278. The molecule has 0 radical (unpaired) electrons. The van der Waals surface area contributed by atoms with Gasteiger partial charge in [-0.05, 0) is 0 Å². The monoisotopic (exact) mass is 621 g/mol. The molecule has 0 atom stereocenters. The second-order valence-corrected chi connectivity index (χ2v) is 9.97. The maximum atomic E-state index is 11.3. The third-order valence-corrected chi connectivity index (χ3v) is 9.01. The lowest BCUT2D eigenvalue weighted by Gasteiger charge is -2.30. The van der Waals surface area contributed by atoms with E-state index in [9.17, 15) is 5.11 Å². The van der Waals surface area contributed by atoms with Crippen LogP contribution in [0.4, 0.5) is 0 Å². The van der Waals surface area contributed by atoms with Crippen LogP contribution in [0, 0.1) is 0 Å². The summed E-state index contributed by atoms with van der Waals surface area (Å²) >= 11 is 63.3. The van der Waals surface area contributed by atoms with Gasteiger partial charge in [0.25, 0.3) is 0 Å². The summed E-state index contributed by atoms with van der Waals surface area (Å²) < 4.78 is 5.34. The lowest BCUT2D eigenvalue weighted by atomic mass is 9.97. The van der Waals surface area contributed by atoms with Crippen molar-refractivity contribution in [3.05, 3.63) is 67.2 Å². The summed E-state index contributed by atoms with van der Waals surface area (Å²) in [4.78, 5) is 1.62. The molecule has 13 heteroatoms. The second kappa shape index (κ2) is 10.5.